The molecule has 0 aliphatic carbocycles. The Hall–Kier alpha value is -1.22. The van der Waals surface area contributed by atoms with Crippen LogP contribution >= 0.6 is 0 Å². The molecule has 0 saturated heterocycles. The van der Waals surface area contributed by atoms with Gasteiger partial charge in [0.15, 0.2) is 5.78 Å². The van der Waals surface area contributed by atoms with Crippen molar-refractivity contribution in [2.75, 3.05) is 19.6 Å². The van der Waals surface area contributed by atoms with E-state index in [1.54, 1.807) is 0 Å². The van der Waals surface area contributed by atoms with Crippen molar-refractivity contribution < 1.29 is 9.18 Å². The summed E-state index contributed by atoms with van der Waals surface area (Å²) in [4.78, 5) is 13.8. The number of hydrogen-bond acceptors (Lipinski definition) is 2. The highest BCUT2D eigenvalue weighted by atomic mass is 19.1. The Morgan fingerprint density at radius 2 is 1.73 bits per heavy atom. The zero-order valence-corrected chi connectivity index (χ0v) is 9.16. The van der Waals surface area contributed by atoms with Crippen LogP contribution in [0, 0.1) is 5.82 Å². The van der Waals surface area contributed by atoms with Crippen molar-refractivity contribution in [3.63, 3.8) is 0 Å². The van der Waals surface area contributed by atoms with Crippen molar-refractivity contribution in [2.45, 2.75) is 13.8 Å². The summed E-state index contributed by atoms with van der Waals surface area (Å²) in [6.45, 7) is 6.13. The SMILES string of the molecule is CCN(CC)CC(=O)c1ccc(F)cc1. The number of benzene rings is 1. The van der Waals surface area contributed by atoms with Crippen molar-refractivity contribution in [1.29, 1.82) is 0 Å². The van der Waals surface area contributed by atoms with Crippen LogP contribution in [0.2, 0.25) is 0 Å². The maximum Gasteiger partial charge on any atom is 0.176 e. The lowest BCUT2D eigenvalue weighted by Crippen LogP contribution is -2.29. The van der Waals surface area contributed by atoms with E-state index < -0.39 is 0 Å². The third-order valence-electron chi connectivity index (χ3n) is 2.43. The smallest absolute Gasteiger partial charge is 0.176 e. The molecule has 0 N–H and O–H groups in total. The van der Waals surface area contributed by atoms with E-state index in [2.05, 4.69) is 0 Å². The highest BCUT2D eigenvalue weighted by Crippen LogP contribution is 2.04. The van der Waals surface area contributed by atoms with Gasteiger partial charge in [0.1, 0.15) is 5.82 Å². The average Bonchev–Trinajstić information content (AvgIpc) is 2.26. The van der Waals surface area contributed by atoms with Crippen LogP contribution in [-0.4, -0.2) is 30.3 Å². The van der Waals surface area contributed by atoms with Gasteiger partial charge in [-0.05, 0) is 37.4 Å². The van der Waals surface area contributed by atoms with Gasteiger partial charge in [-0.2, -0.15) is 0 Å². The molecular formula is C12H16FNO. The topological polar surface area (TPSA) is 20.3 Å². The molecule has 1 aromatic rings. The lowest BCUT2D eigenvalue weighted by atomic mass is 10.1. The van der Waals surface area contributed by atoms with Gasteiger partial charge >= 0.3 is 0 Å². The molecule has 0 fully saturated rings. The molecule has 2 nitrogen and oxygen atoms in total. The first-order chi connectivity index (χ1) is 7.17. The second-order valence-corrected chi connectivity index (χ2v) is 3.39. The molecular weight excluding hydrogens is 193 g/mol. The molecule has 0 atom stereocenters. The minimum Gasteiger partial charge on any atom is -0.296 e. The van der Waals surface area contributed by atoms with Gasteiger partial charge in [-0.25, -0.2) is 4.39 Å². The molecule has 0 aromatic heterocycles. The molecule has 0 aliphatic heterocycles. The largest absolute Gasteiger partial charge is 0.296 e. The molecule has 0 spiro atoms. The number of halogens is 1. The zero-order valence-electron chi connectivity index (χ0n) is 9.16. The first-order valence-corrected chi connectivity index (χ1v) is 5.18. The fraction of sp³-hybridized carbons (Fsp3) is 0.417. The van der Waals surface area contributed by atoms with E-state index in [4.69, 9.17) is 0 Å². The van der Waals surface area contributed by atoms with Crippen molar-refractivity contribution in [3.8, 4) is 0 Å². The van der Waals surface area contributed by atoms with Gasteiger partial charge in [0.25, 0.3) is 0 Å². The molecule has 0 saturated carbocycles. The third kappa shape index (κ3) is 3.44. The van der Waals surface area contributed by atoms with Crippen LogP contribution in [0.3, 0.4) is 0 Å². The van der Waals surface area contributed by atoms with E-state index in [0.29, 0.717) is 12.1 Å². The van der Waals surface area contributed by atoms with Crippen molar-refractivity contribution >= 4 is 5.78 Å². The molecule has 1 aromatic carbocycles. The van der Waals surface area contributed by atoms with Crippen LogP contribution in [0.15, 0.2) is 24.3 Å². The van der Waals surface area contributed by atoms with E-state index in [1.165, 1.54) is 24.3 Å². The number of carbonyl (C=O) groups excluding carboxylic acids is 1. The molecule has 0 unspecified atom stereocenters. The molecule has 0 radical (unpaired) electrons. The van der Waals surface area contributed by atoms with Crippen LogP contribution < -0.4 is 0 Å². The molecule has 0 heterocycles. The highest BCUT2D eigenvalue weighted by Gasteiger charge is 2.09. The van der Waals surface area contributed by atoms with Gasteiger partial charge in [-0.15, -0.1) is 0 Å². The second kappa shape index (κ2) is 5.61. The minimum absolute atomic E-state index is 0.0405. The van der Waals surface area contributed by atoms with E-state index >= 15 is 0 Å². The van der Waals surface area contributed by atoms with Gasteiger partial charge in [-0.3, -0.25) is 9.69 Å². The van der Waals surface area contributed by atoms with E-state index in [9.17, 15) is 9.18 Å². The summed E-state index contributed by atoms with van der Waals surface area (Å²) in [7, 11) is 0. The monoisotopic (exact) mass is 209 g/mol. The van der Waals surface area contributed by atoms with Gasteiger partial charge < -0.3 is 0 Å². The number of likely N-dealkylation sites (N-methyl/N-ethyl adjacent to an activating group) is 1. The molecule has 15 heavy (non-hydrogen) atoms. The van der Waals surface area contributed by atoms with Crippen LogP contribution in [0.1, 0.15) is 24.2 Å². The molecule has 1 rings (SSSR count). The zero-order chi connectivity index (χ0) is 11.3. The summed E-state index contributed by atoms with van der Waals surface area (Å²) in [6, 6.07) is 5.69. The van der Waals surface area contributed by atoms with Crippen molar-refractivity contribution in [3.05, 3.63) is 35.6 Å². The maximum atomic E-state index is 12.6. The lowest BCUT2D eigenvalue weighted by molar-refractivity contribution is 0.0937. The normalized spacial score (nSPS) is 10.7. The fourth-order valence-corrected chi connectivity index (χ4v) is 1.38. The molecule has 0 bridgehead atoms. The van der Waals surface area contributed by atoms with Crippen molar-refractivity contribution in [2.24, 2.45) is 0 Å². The highest BCUT2D eigenvalue weighted by molar-refractivity contribution is 5.97. The minimum atomic E-state index is -0.311. The molecule has 82 valence electrons. The Kier molecular flexibility index (Phi) is 4.43. The predicted octanol–water partition coefficient (Wildman–Crippen LogP) is 2.35. The molecule has 0 aliphatic rings. The van der Waals surface area contributed by atoms with E-state index in [-0.39, 0.29) is 11.6 Å². The van der Waals surface area contributed by atoms with Crippen LogP contribution in [0.4, 0.5) is 4.39 Å². The fourth-order valence-electron chi connectivity index (χ4n) is 1.38. The summed E-state index contributed by atoms with van der Waals surface area (Å²) in [6.07, 6.45) is 0. The Labute approximate surface area is 89.7 Å². The third-order valence-corrected chi connectivity index (χ3v) is 2.43. The summed E-state index contributed by atoms with van der Waals surface area (Å²) in [5, 5.41) is 0. The van der Waals surface area contributed by atoms with Gasteiger partial charge in [-0.1, -0.05) is 13.8 Å². The summed E-state index contributed by atoms with van der Waals surface area (Å²) in [5.74, 6) is -0.270. The first kappa shape index (κ1) is 11.9. The Bertz CT molecular complexity index is 317. The Balaban J connectivity index is 2.64. The number of rotatable bonds is 5. The maximum absolute atomic E-state index is 12.6. The summed E-state index contributed by atoms with van der Waals surface area (Å²) < 4.78 is 12.6. The van der Waals surface area contributed by atoms with Gasteiger partial charge in [0, 0.05) is 5.56 Å². The van der Waals surface area contributed by atoms with Gasteiger partial charge in [0.05, 0.1) is 6.54 Å². The number of carbonyl (C=O) groups is 1. The van der Waals surface area contributed by atoms with Crippen molar-refractivity contribution in [1.82, 2.24) is 4.90 Å². The molecule has 3 heteroatoms. The number of Topliss-reactive ketones (excluding diaryl/α,β-unsaturated/α-hetero) is 1. The van der Waals surface area contributed by atoms with E-state index in [1.807, 2.05) is 18.7 Å². The van der Waals surface area contributed by atoms with Crippen LogP contribution in [0.5, 0.6) is 0 Å². The summed E-state index contributed by atoms with van der Waals surface area (Å²) >= 11 is 0. The molecule has 0 amide bonds. The Morgan fingerprint density at radius 1 is 1.20 bits per heavy atom. The lowest BCUT2D eigenvalue weighted by Gasteiger charge is -2.16. The second-order valence-electron chi connectivity index (χ2n) is 3.39. The number of ketones is 1. The van der Waals surface area contributed by atoms with Crippen LogP contribution in [-0.2, 0) is 0 Å². The van der Waals surface area contributed by atoms with Crippen LogP contribution in [0.25, 0.3) is 0 Å². The number of nitrogens with zero attached hydrogens (tertiary/aromatic N) is 1. The predicted molar refractivity (Wildman–Crippen MR) is 58.5 cm³/mol. The number of hydrogen-bond donors (Lipinski definition) is 0. The van der Waals surface area contributed by atoms with Gasteiger partial charge in [0.2, 0.25) is 0 Å². The average molecular weight is 209 g/mol. The van der Waals surface area contributed by atoms with E-state index in [0.717, 1.165) is 13.1 Å². The summed E-state index contributed by atoms with van der Waals surface area (Å²) in [5.41, 5.74) is 0.573. The quantitative estimate of drug-likeness (QED) is 0.694. The Morgan fingerprint density at radius 3 is 2.20 bits per heavy atom. The standard InChI is InChI=1S/C12H16FNO/c1-3-14(4-2)9-12(15)10-5-7-11(13)8-6-10/h5-8H,3-4,9H2,1-2H3. The first-order valence-electron chi connectivity index (χ1n) is 5.18.